The normalized spacial score (nSPS) is 8.70. The van der Waals surface area contributed by atoms with Crippen molar-refractivity contribution in [1.29, 1.82) is 0 Å². The summed E-state index contributed by atoms with van der Waals surface area (Å²) in [5.41, 5.74) is 0.0263. The summed E-state index contributed by atoms with van der Waals surface area (Å²) in [5.74, 6) is -0.907. The second kappa shape index (κ2) is 11.0. The van der Waals surface area contributed by atoms with Crippen molar-refractivity contribution in [2.45, 2.75) is 27.7 Å². The smallest absolute Gasteiger partial charge is 0.132 e. The molecule has 0 unspecified atom stereocenters. The van der Waals surface area contributed by atoms with E-state index >= 15 is 0 Å². The Morgan fingerprint density at radius 2 is 1.20 bits per heavy atom. The minimum Gasteiger partial charge on any atom is -0.494 e. The standard InChI is InChI=1S/C9H10F2O.C6H6.C2H6/c1-3-12-7-4-8(10)6(2)9(11)5-7;1-2-4-6-5-3-1;1-2/h4-5H,3H2,1-2H3;1-6H;1-2H3. The molecular formula is C17H22F2O. The minimum absolute atomic E-state index is 0.0263. The highest BCUT2D eigenvalue weighted by molar-refractivity contribution is 5.29. The molecule has 0 saturated carbocycles. The highest BCUT2D eigenvalue weighted by Crippen LogP contribution is 2.19. The van der Waals surface area contributed by atoms with Crippen LogP contribution in [-0.2, 0) is 0 Å². The predicted octanol–water partition coefficient (Wildman–Crippen LogP) is 5.38. The van der Waals surface area contributed by atoms with Crippen molar-refractivity contribution in [3.8, 4) is 5.75 Å². The van der Waals surface area contributed by atoms with E-state index in [1.54, 1.807) is 6.92 Å². The lowest BCUT2D eigenvalue weighted by Crippen LogP contribution is -1.95. The third-order valence-electron chi connectivity index (χ3n) is 2.23. The number of hydrogen-bond donors (Lipinski definition) is 0. The van der Waals surface area contributed by atoms with Gasteiger partial charge in [-0.05, 0) is 13.8 Å². The van der Waals surface area contributed by atoms with Crippen molar-refractivity contribution in [3.05, 3.63) is 65.7 Å². The maximum atomic E-state index is 12.8. The van der Waals surface area contributed by atoms with Crippen LogP contribution >= 0.6 is 0 Å². The van der Waals surface area contributed by atoms with Crippen molar-refractivity contribution < 1.29 is 13.5 Å². The molecule has 2 rings (SSSR count). The van der Waals surface area contributed by atoms with E-state index in [-0.39, 0.29) is 11.3 Å². The van der Waals surface area contributed by atoms with Gasteiger partial charge in [-0.1, -0.05) is 50.2 Å². The van der Waals surface area contributed by atoms with Gasteiger partial charge >= 0.3 is 0 Å². The van der Waals surface area contributed by atoms with Gasteiger partial charge in [0.1, 0.15) is 17.4 Å². The van der Waals surface area contributed by atoms with Gasteiger partial charge < -0.3 is 4.74 Å². The lowest BCUT2D eigenvalue weighted by Gasteiger charge is -2.04. The van der Waals surface area contributed by atoms with E-state index in [1.165, 1.54) is 19.1 Å². The fourth-order valence-corrected chi connectivity index (χ4v) is 1.26. The van der Waals surface area contributed by atoms with Gasteiger partial charge in [0.25, 0.3) is 0 Å². The van der Waals surface area contributed by atoms with E-state index in [0.29, 0.717) is 6.61 Å². The monoisotopic (exact) mass is 280 g/mol. The first-order valence-electron chi connectivity index (χ1n) is 6.73. The summed E-state index contributed by atoms with van der Waals surface area (Å²) >= 11 is 0. The van der Waals surface area contributed by atoms with Gasteiger partial charge in [0.05, 0.1) is 6.61 Å². The Bertz CT molecular complexity index is 420. The number of hydrogen-bond acceptors (Lipinski definition) is 1. The molecule has 0 radical (unpaired) electrons. The molecule has 0 aliphatic carbocycles. The molecular weight excluding hydrogens is 258 g/mol. The van der Waals surface area contributed by atoms with Gasteiger partial charge in [0.2, 0.25) is 0 Å². The summed E-state index contributed by atoms with van der Waals surface area (Å²) in [6.45, 7) is 7.55. The quantitative estimate of drug-likeness (QED) is 0.717. The molecule has 2 aromatic carbocycles. The largest absolute Gasteiger partial charge is 0.494 e. The second-order valence-corrected chi connectivity index (χ2v) is 3.60. The molecule has 2 aromatic rings. The molecule has 0 aliphatic rings. The number of benzene rings is 2. The molecule has 110 valence electrons. The molecule has 0 fully saturated rings. The van der Waals surface area contributed by atoms with Crippen LogP contribution in [-0.4, -0.2) is 6.61 Å². The SMILES string of the molecule is CC.CCOc1cc(F)c(C)c(F)c1.c1ccccc1. The van der Waals surface area contributed by atoms with E-state index in [1.807, 2.05) is 50.2 Å². The van der Waals surface area contributed by atoms with Crippen molar-refractivity contribution in [1.82, 2.24) is 0 Å². The third kappa shape index (κ3) is 6.88. The van der Waals surface area contributed by atoms with Crippen LogP contribution in [0.4, 0.5) is 8.78 Å². The molecule has 0 heterocycles. The highest BCUT2D eigenvalue weighted by Gasteiger charge is 2.06. The topological polar surface area (TPSA) is 9.23 Å². The number of halogens is 2. The Labute approximate surface area is 120 Å². The third-order valence-corrected chi connectivity index (χ3v) is 2.23. The lowest BCUT2D eigenvalue weighted by molar-refractivity contribution is 0.335. The summed E-state index contributed by atoms with van der Waals surface area (Å²) < 4.78 is 30.6. The van der Waals surface area contributed by atoms with Crippen molar-refractivity contribution >= 4 is 0 Å². The summed E-state index contributed by atoms with van der Waals surface area (Å²) in [5, 5.41) is 0. The molecule has 1 nitrogen and oxygen atoms in total. The molecule has 3 heteroatoms. The second-order valence-electron chi connectivity index (χ2n) is 3.60. The summed E-state index contributed by atoms with van der Waals surface area (Å²) in [4.78, 5) is 0. The van der Waals surface area contributed by atoms with Crippen molar-refractivity contribution in [2.75, 3.05) is 6.61 Å². The Kier molecular flexibility index (Phi) is 9.93. The summed E-state index contributed by atoms with van der Waals surface area (Å²) in [6, 6.07) is 14.4. The van der Waals surface area contributed by atoms with Gasteiger partial charge in [-0.15, -0.1) is 0 Å². The lowest BCUT2D eigenvalue weighted by atomic mass is 10.2. The summed E-state index contributed by atoms with van der Waals surface area (Å²) in [6.07, 6.45) is 0. The fraction of sp³-hybridized carbons (Fsp3) is 0.294. The fourth-order valence-electron chi connectivity index (χ4n) is 1.26. The van der Waals surface area contributed by atoms with Gasteiger partial charge in [-0.2, -0.15) is 0 Å². The molecule has 0 N–H and O–H groups in total. The Morgan fingerprint density at radius 1 is 0.850 bits per heavy atom. The van der Waals surface area contributed by atoms with Crippen LogP contribution in [0.5, 0.6) is 5.75 Å². The number of ether oxygens (including phenoxy) is 1. The van der Waals surface area contributed by atoms with Gasteiger partial charge in [0, 0.05) is 17.7 Å². The zero-order chi connectivity index (χ0) is 15.4. The van der Waals surface area contributed by atoms with E-state index in [9.17, 15) is 8.78 Å². The number of rotatable bonds is 2. The van der Waals surface area contributed by atoms with Crippen LogP contribution < -0.4 is 4.74 Å². The first kappa shape index (κ1) is 18.1. The van der Waals surface area contributed by atoms with E-state index in [0.717, 1.165) is 0 Å². The molecule has 0 aliphatic heterocycles. The van der Waals surface area contributed by atoms with Gasteiger partial charge in [0.15, 0.2) is 0 Å². The Morgan fingerprint density at radius 3 is 1.50 bits per heavy atom. The van der Waals surface area contributed by atoms with Crippen LogP contribution in [0.3, 0.4) is 0 Å². The molecule has 0 amide bonds. The van der Waals surface area contributed by atoms with Crippen LogP contribution in [0, 0.1) is 18.6 Å². The van der Waals surface area contributed by atoms with Crippen LogP contribution in [0.15, 0.2) is 48.5 Å². The van der Waals surface area contributed by atoms with Gasteiger partial charge in [-0.25, -0.2) is 8.78 Å². The highest BCUT2D eigenvalue weighted by atomic mass is 19.1. The first-order valence-corrected chi connectivity index (χ1v) is 6.73. The van der Waals surface area contributed by atoms with Crippen molar-refractivity contribution in [3.63, 3.8) is 0 Å². The van der Waals surface area contributed by atoms with E-state index < -0.39 is 11.6 Å². The predicted molar refractivity (Wildman–Crippen MR) is 80.1 cm³/mol. The Hall–Kier alpha value is -1.90. The molecule has 0 atom stereocenters. The Balaban J connectivity index is 0.000000377. The molecule has 0 aromatic heterocycles. The molecule has 0 bridgehead atoms. The van der Waals surface area contributed by atoms with Crippen LogP contribution in [0.1, 0.15) is 26.3 Å². The van der Waals surface area contributed by atoms with E-state index in [2.05, 4.69) is 0 Å². The minimum atomic E-state index is -0.571. The van der Waals surface area contributed by atoms with Crippen LogP contribution in [0.2, 0.25) is 0 Å². The summed E-state index contributed by atoms with van der Waals surface area (Å²) in [7, 11) is 0. The average Bonchev–Trinajstić information content (AvgIpc) is 2.49. The maximum Gasteiger partial charge on any atom is 0.132 e. The van der Waals surface area contributed by atoms with E-state index in [4.69, 9.17) is 4.74 Å². The zero-order valence-corrected chi connectivity index (χ0v) is 12.5. The maximum absolute atomic E-state index is 12.8. The average molecular weight is 280 g/mol. The molecule has 0 saturated heterocycles. The van der Waals surface area contributed by atoms with Crippen LogP contribution in [0.25, 0.3) is 0 Å². The molecule has 0 spiro atoms. The zero-order valence-electron chi connectivity index (χ0n) is 12.5. The molecule has 20 heavy (non-hydrogen) atoms. The van der Waals surface area contributed by atoms with Gasteiger partial charge in [-0.3, -0.25) is 0 Å². The first-order chi connectivity index (χ1) is 9.65. The van der Waals surface area contributed by atoms with Crippen molar-refractivity contribution in [2.24, 2.45) is 0 Å².